The molecule has 1 unspecified atom stereocenters. The molecule has 0 spiro atoms. The van der Waals surface area contributed by atoms with Gasteiger partial charge in [-0.3, -0.25) is 10.1 Å². The van der Waals surface area contributed by atoms with Gasteiger partial charge >= 0.3 is 0 Å². The SMILES string of the molecule is CSCCNC(=NCc1ccc([N+](=O)[O-])cc1)NCC1CCCO1. The maximum Gasteiger partial charge on any atom is 0.269 e. The van der Waals surface area contributed by atoms with Gasteiger partial charge < -0.3 is 15.4 Å². The molecule has 1 heterocycles. The molecule has 1 aromatic rings. The van der Waals surface area contributed by atoms with Gasteiger partial charge in [0.1, 0.15) is 0 Å². The molecule has 0 amide bonds. The van der Waals surface area contributed by atoms with E-state index < -0.39 is 4.92 Å². The van der Waals surface area contributed by atoms with Crippen LogP contribution in [0.3, 0.4) is 0 Å². The minimum Gasteiger partial charge on any atom is -0.376 e. The van der Waals surface area contributed by atoms with Crippen LogP contribution in [0, 0.1) is 10.1 Å². The molecule has 8 heteroatoms. The van der Waals surface area contributed by atoms with Gasteiger partial charge in [-0.05, 0) is 24.7 Å². The number of nitro benzene ring substituents is 1. The molecular weight excluding hydrogens is 328 g/mol. The van der Waals surface area contributed by atoms with Crippen LogP contribution in [0.15, 0.2) is 29.3 Å². The number of nitro groups is 1. The zero-order chi connectivity index (χ0) is 17.2. The fraction of sp³-hybridized carbons (Fsp3) is 0.562. The average Bonchev–Trinajstić information content (AvgIpc) is 3.11. The first-order valence-electron chi connectivity index (χ1n) is 8.05. The third kappa shape index (κ3) is 6.37. The lowest BCUT2D eigenvalue weighted by Gasteiger charge is -2.15. The number of hydrogen-bond donors (Lipinski definition) is 2. The minimum atomic E-state index is -0.397. The van der Waals surface area contributed by atoms with E-state index in [2.05, 4.69) is 21.9 Å². The van der Waals surface area contributed by atoms with Gasteiger partial charge in [-0.1, -0.05) is 12.1 Å². The van der Waals surface area contributed by atoms with Crippen LogP contribution in [0.5, 0.6) is 0 Å². The van der Waals surface area contributed by atoms with Crippen molar-refractivity contribution in [3.63, 3.8) is 0 Å². The van der Waals surface area contributed by atoms with Gasteiger partial charge in [0.05, 0.1) is 17.6 Å². The third-order valence-electron chi connectivity index (χ3n) is 3.69. The molecule has 1 aliphatic rings. The first kappa shape index (κ1) is 18.5. The van der Waals surface area contributed by atoms with Crippen LogP contribution in [0.1, 0.15) is 18.4 Å². The Kier molecular flexibility index (Phi) is 7.84. The molecule has 1 saturated heterocycles. The highest BCUT2D eigenvalue weighted by molar-refractivity contribution is 7.98. The van der Waals surface area contributed by atoms with Crippen LogP contribution in [-0.2, 0) is 11.3 Å². The highest BCUT2D eigenvalue weighted by atomic mass is 32.2. The summed E-state index contributed by atoms with van der Waals surface area (Å²) in [5, 5.41) is 17.3. The minimum absolute atomic E-state index is 0.0950. The van der Waals surface area contributed by atoms with Crippen LogP contribution in [0.4, 0.5) is 5.69 Å². The number of non-ortho nitro benzene ring substituents is 1. The van der Waals surface area contributed by atoms with E-state index in [1.54, 1.807) is 23.9 Å². The van der Waals surface area contributed by atoms with Gasteiger partial charge in [-0.25, -0.2) is 4.99 Å². The molecule has 1 atom stereocenters. The zero-order valence-electron chi connectivity index (χ0n) is 13.9. The largest absolute Gasteiger partial charge is 0.376 e. The van der Waals surface area contributed by atoms with Crippen LogP contribution in [0.25, 0.3) is 0 Å². The van der Waals surface area contributed by atoms with E-state index in [4.69, 9.17) is 4.74 Å². The van der Waals surface area contributed by atoms with Gasteiger partial charge in [0, 0.05) is 37.6 Å². The van der Waals surface area contributed by atoms with Crippen molar-refractivity contribution in [1.82, 2.24) is 10.6 Å². The molecule has 132 valence electrons. The maximum atomic E-state index is 10.7. The van der Waals surface area contributed by atoms with E-state index in [1.165, 1.54) is 12.1 Å². The fourth-order valence-corrected chi connectivity index (χ4v) is 2.66. The Morgan fingerprint density at radius 3 is 2.83 bits per heavy atom. The Morgan fingerprint density at radius 1 is 1.42 bits per heavy atom. The molecule has 1 aliphatic heterocycles. The van der Waals surface area contributed by atoms with Crippen molar-refractivity contribution >= 4 is 23.4 Å². The van der Waals surface area contributed by atoms with Gasteiger partial charge in [-0.2, -0.15) is 11.8 Å². The molecule has 2 N–H and O–H groups in total. The first-order valence-corrected chi connectivity index (χ1v) is 9.44. The number of thioether (sulfide) groups is 1. The topological polar surface area (TPSA) is 88.8 Å². The van der Waals surface area contributed by atoms with Crippen molar-refractivity contribution in [2.24, 2.45) is 4.99 Å². The normalized spacial score (nSPS) is 17.7. The summed E-state index contributed by atoms with van der Waals surface area (Å²) in [5.41, 5.74) is 1.03. The summed E-state index contributed by atoms with van der Waals surface area (Å²) in [6.45, 7) is 2.88. The summed E-state index contributed by atoms with van der Waals surface area (Å²) in [5.74, 6) is 1.75. The second-order valence-corrected chi connectivity index (χ2v) is 6.51. The van der Waals surface area contributed by atoms with E-state index in [9.17, 15) is 10.1 Å². The number of guanidine groups is 1. The van der Waals surface area contributed by atoms with Crippen LogP contribution >= 0.6 is 11.8 Å². The molecular formula is C16H24N4O3S. The number of aliphatic imine (C=N–C) groups is 1. The third-order valence-corrected chi connectivity index (χ3v) is 4.30. The Balaban J connectivity index is 1.90. The molecule has 0 saturated carbocycles. The second kappa shape index (κ2) is 10.1. The number of hydrogen-bond acceptors (Lipinski definition) is 5. The van der Waals surface area contributed by atoms with Crippen molar-refractivity contribution in [2.45, 2.75) is 25.5 Å². The van der Waals surface area contributed by atoms with Crippen molar-refractivity contribution in [3.8, 4) is 0 Å². The Bertz CT molecular complexity index is 545. The maximum absolute atomic E-state index is 10.7. The molecule has 0 aliphatic carbocycles. The highest BCUT2D eigenvalue weighted by Crippen LogP contribution is 2.13. The van der Waals surface area contributed by atoms with Crippen molar-refractivity contribution in [3.05, 3.63) is 39.9 Å². The summed E-state index contributed by atoms with van der Waals surface area (Å²) < 4.78 is 5.61. The molecule has 0 aromatic heterocycles. The molecule has 1 aromatic carbocycles. The van der Waals surface area contributed by atoms with Gasteiger partial charge in [0.2, 0.25) is 0 Å². The summed E-state index contributed by atoms with van der Waals surface area (Å²) in [4.78, 5) is 14.8. The second-order valence-electron chi connectivity index (χ2n) is 5.52. The average molecular weight is 352 g/mol. The number of benzene rings is 1. The lowest BCUT2D eigenvalue weighted by molar-refractivity contribution is -0.384. The van der Waals surface area contributed by atoms with E-state index >= 15 is 0 Å². The monoisotopic (exact) mass is 352 g/mol. The predicted octanol–water partition coefficient (Wildman–Crippen LogP) is 2.17. The number of rotatable bonds is 8. The van der Waals surface area contributed by atoms with E-state index in [0.29, 0.717) is 6.54 Å². The molecule has 1 fully saturated rings. The highest BCUT2D eigenvalue weighted by Gasteiger charge is 2.15. The van der Waals surface area contributed by atoms with Gasteiger partial charge in [0.15, 0.2) is 5.96 Å². The lowest BCUT2D eigenvalue weighted by Crippen LogP contribution is -2.42. The summed E-state index contributed by atoms with van der Waals surface area (Å²) in [6.07, 6.45) is 4.50. The van der Waals surface area contributed by atoms with E-state index in [1.807, 2.05) is 0 Å². The van der Waals surface area contributed by atoms with Crippen LogP contribution < -0.4 is 10.6 Å². The van der Waals surface area contributed by atoms with Crippen molar-refractivity contribution in [2.75, 3.05) is 31.7 Å². The van der Waals surface area contributed by atoms with Gasteiger partial charge in [-0.15, -0.1) is 0 Å². The summed E-state index contributed by atoms with van der Waals surface area (Å²) in [7, 11) is 0. The van der Waals surface area contributed by atoms with E-state index in [-0.39, 0.29) is 11.8 Å². The standard InChI is InChI=1S/C16H24N4O3S/c1-24-10-8-17-16(19-12-15-3-2-9-23-15)18-11-13-4-6-14(7-5-13)20(21)22/h4-7,15H,2-3,8-12H2,1H3,(H2,17,18,19). The summed E-state index contributed by atoms with van der Waals surface area (Å²) >= 11 is 1.77. The predicted molar refractivity (Wildman–Crippen MR) is 97.6 cm³/mol. The van der Waals surface area contributed by atoms with Crippen molar-refractivity contribution in [1.29, 1.82) is 0 Å². The molecule has 2 rings (SSSR count). The number of nitrogens with one attached hydrogen (secondary N) is 2. The molecule has 24 heavy (non-hydrogen) atoms. The smallest absolute Gasteiger partial charge is 0.269 e. The first-order chi connectivity index (χ1) is 11.7. The Labute approximate surface area is 146 Å². The zero-order valence-corrected chi connectivity index (χ0v) is 14.7. The Morgan fingerprint density at radius 2 is 2.21 bits per heavy atom. The molecule has 7 nitrogen and oxygen atoms in total. The molecule has 0 bridgehead atoms. The quantitative estimate of drug-likeness (QED) is 0.245. The fourth-order valence-electron chi connectivity index (χ4n) is 2.36. The van der Waals surface area contributed by atoms with Crippen LogP contribution in [-0.4, -0.2) is 48.7 Å². The molecule has 0 radical (unpaired) electrons. The van der Waals surface area contributed by atoms with Crippen LogP contribution in [0.2, 0.25) is 0 Å². The van der Waals surface area contributed by atoms with Gasteiger partial charge in [0.25, 0.3) is 5.69 Å². The Hall–Kier alpha value is -1.80. The number of nitrogens with zero attached hydrogens (tertiary/aromatic N) is 2. The van der Waals surface area contributed by atoms with E-state index in [0.717, 1.165) is 49.8 Å². The lowest BCUT2D eigenvalue weighted by atomic mass is 10.2. The van der Waals surface area contributed by atoms with Crippen molar-refractivity contribution < 1.29 is 9.66 Å². The summed E-state index contributed by atoms with van der Waals surface area (Å²) in [6, 6.07) is 6.49. The number of ether oxygens (including phenoxy) is 1.